The van der Waals surface area contributed by atoms with Crippen LogP contribution < -0.4 is 16.0 Å². The second-order valence-corrected chi connectivity index (χ2v) is 6.00. The fraction of sp³-hybridized carbons (Fsp3) is 0.688. The quantitative estimate of drug-likeness (QED) is 0.252. The molecule has 0 aliphatic carbocycles. The van der Waals surface area contributed by atoms with Crippen molar-refractivity contribution in [2.45, 2.75) is 19.4 Å². The van der Waals surface area contributed by atoms with Crippen molar-refractivity contribution in [1.29, 1.82) is 0 Å². The number of rotatable bonds is 8. The Morgan fingerprint density at radius 1 is 1.32 bits per heavy atom. The highest BCUT2D eigenvalue weighted by atomic mass is 127. The van der Waals surface area contributed by atoms with Gasteiger partial charge in [0.2, 0.25) is 5.95 Å². The summed E-state index contributed by atoms with van der Waals surface area (Å²) in [6.07, 6.45) is 4.58. The van der Waals surface area contributed by atoms with Gasteiger partial charge in [-0.15, -0.1) is 24.0 Å². The number of piperazine rings is 1. The Hall–Kier alpha value is -1.20. The van der Waals surface area contributed by atoms with E-state index in [9.17, 15) is 0 Å². The summed E-state index contributed by atoms with van der Waals surface area (Å²) in [6.45, 7) is 8.39. The Labute approximate surface area is 167 Å². The maximum atomic E-state index is 5.86. The molecule has 0 amide bonds. The monoisotopic (exact) mass is 463 g/mol. The summed E-state index contributed by atoms with van der Waals surface area (Å²) >= 11 is 0. The molecule has 9 heteroatoms. The maximum absolute atomic E-state index is 5.86. The van der Waals surface area contributed by atoms with Crippen LogP contribution in [0, 0.1) is 0 Å². The summed E-state index contributed by atoms with van der Waals surface area (Å²) in [7, 11) is 1.68. The topological polar surface area (TPSA) is 91.9 Å². The molecule has 1 fully saturated rings. The first-order valence-corrected chi connectivity index (χ1v) is 8.48. The smallest absolute Gasteiger partial charge is 0.225 e. The van der Waals surface area contributed by atoms with Crippen LogP contribution in [-0.2, 0) is 4.74 Å². The molecule has 1 aliphatic rings. The largest absolute Gasteiger partial charge is 0.383 e. The first kappa shape index (κ1) is 21.8. The van der Waals surface area contributed by atoms with Crippen molar-refractivity contribution in [3.63, 3.8) is 0 Å². The van der Waals surface area contributed by atoms with Crippen molar-refractivity contribution in [2.75, 3.05) is 57.9 Å². The van der Waals surface area contributed by atoms with E-state index >= 15 is 0 Å². The number of hydrogen-bond acceptors (Lipinski definition) is 6. The molecule has 1 saturated heterocycles. The molecule has 2 rings (SSSR count). The van der Waals surface area contributed by atoms with Gasteiger partial charge in [-0.2, -0.15) is 0 Å². The number of nitrogens with two attached hydrogens (primary N) is 1. The zero-order valence-electron chi connectivity index (χ0n) is 15.1. The minimum absolute atomic E-state index is 0. The van der Waals surface area contributed by atoms with Gasteiger partial charge in [0, 0.05) is 64.8 Å². The normalized spacial score (nSPS) is 17.0. The number of halogens is 1. The third-order valence-electron chi connectivity index (χ3n) is 3.93. The molecule has 0 saturated carbocycles. The lowest BCUT2D eigenvalue weighted by molar-refractivity contribution is 0.179. The zero-order chi connectivity index (χ0) is 17.2. The molecule has 0 spiro atoms. The lowest BCUT2D eigenvalue weighted by Gasteiger charge is -2.34. The van der Waals surface area contributed by atoms with Crippen LogP contribution in [0.15, 0.2) is 23.5 Å². The van der Waals surface area contributed by atoms with Gasteiger partial charge in [0.25, 0.3) is 0 Å². The number of hydrogen-bond donors (Lipinski definition) is 2. The van der Waals surface area contributed by atoms with E-state index < -0.39 is 0 Å². The second-order valence-electron chi connectivity index (χ2n) is 6.00. The van der Waals surface area contributed by atoms with E-state index in [4.69, 9.17) is 10.5 Å². The van der Waals surface area contributed by atoms with E-state index in [2.05, 4.69) is 30.1 Å². The lowest BCUT2D eigenvalue weighted by Crippen LogP contribution is -2.47. The fourth-order valence-corrected chi connectivity index (χ4v) is 2.71. The first-order valence-electron chi connectivity index (χ1n) is 8.48. The molecule has 142 valence electrons. The number of aliphatic imine (C=N–C) groups is 1. The summed E-state index contributed by atoms with van der Waals surface area (Å²) in [6, 6.07) is 2.02. The molecule has 1 aromatic rings. The van der Waals surface area contributed by atoms with Gasteiger partial charge < -0.3 is 20.7 Å². The van der Waals surface area contributed by atoms with Crippen LogP contribution in [-0.4, -0.2) is 79.9 Å². The predicted octanol–water partition coefficient (Wildman–Crippen LogP) is 0.546. The highest BCUT2D eigenvalue weighted by molar-refractivity contribution is 14.0. The number of nitrogens with zero attached hydrogens (tertiary/aromatic N) is 5. The van der Waals surface area contributed by atoms with Gasteiger partial charge in [-0.05, 0) is 19.4 Å². The van der Waals surface area contributed by atoms with E-state index in [0.717, 1.165) is 51.6 Å². The van der Waals surface area contributed by atoms with Crippen molar-refractivity contribution in [1.82, 2.24) is 20.2 Å². The molecule has 25 heavy (non-hydrogen) atoms. The van der Waals surface area contributed by atoms with Crippen LogP contribution in [0.2, 0.25) is 0 Å². The highest BCUT2D eigenvalue weighted by Crippen LogP contribution is 2.09. The average Bonchev–Trinajstić information content (AvgIpc) is 2.60. The number of aromatic nitrogens is 2. The molecular formula is C16H30IN7O. The number of anilines is 1. The highest BCUT2D eigenvalue weighted by Gasteiger charge is 2.17. The van der Waals surface area contributed by atoms with E-state index in [0.29, 0.717) is 12.6 Å². The summed E-state index contributed by atoms with van der Waals surface area (Å²) in [5.41, 5.74) is 5.86. The van der Waals surface area contributed by atoms with E-state index in [1.807, 2.05) is 13.0 Å². The van der Waals surface area contributed by atoms with Gasteiger partial charge in [0.05, 0.1) is 6.61 Å². The molecule has 3 N–H and O–H groups in total. The van der Waals surface area contributed by atoms with Gasteiger partial charge in [0.15, 0.2) is 5.96 Å². The predicted molar refractivity (Wildman–Crippen MR) is 112 cm³/mol. The number of guanidine groups is 1. The van der Waals surface area contributed by atoms with Crippen LogP contribution in [0.25, 0.3) is 0 Å². The standard InChI is InChI=1S/C16H29N7O.HI/c1-14(13-24-2)21-15(17)18-7-4-8-22-9-11-23(12-10-22)16-19-5-3-6-20-16;/h3,5-6,14H,4,7-13H2,1-2H3,(H3,17,18,21);1H. The molecule has 0 radical (unpaired) electrons. The molecule has 2 heterocycles. The number of nitrogens with one attached hydrogen (secondary N) is 1. The average molecular weight is 463 g/mol. The molecule has 0 aromatic carbocycles. The molecule has 0 bridgehead atoms. The Morgan fingerprint density at radius 3 is 2.64 bits per heavy atom. The molecule has 8 nitrogen and oxygen atoms in total. The third kappa shape index (κ3) is 8.15. The molecular weight excluding hydrogens is 433 g/mol. The van der Waals surface area contributed by atoms with Crippen LogP contribution in [0.3, 0.4) is 0 Å². The van der Waals surface area contributed by atoms with Gasteiger partial charge in [0.1, 0.15) is 0 Å². The van der Waals surface area contributed by atoms with Gasteiger partial charge in [-0.1, -0.05) is 0 Å². The molecule has 1 aromatic heterocycles. The molecule has 1 aliphatic heterocycles. The van der Waals surface area contributed by atoms with Crippen LogP contribution >= 0.6 is 24.0 Å². The van der Waals surface area contributed by atoms with Crippen LogP contribution in [0.5, 0.6) is 0 Å². The van der Waals surface area contributed by atoms with Crippen molar-refractivity contribution < 1.29 is 4.74 Å². The van der Waals surface area contributed by atoms with Crippen molar-refractivity contribution in [3.8, 4) is 0 Å². The van der Waals surface area contributed by atoms with Crippen molar-refractivity contribution in [3.05, 3.63) is 18.5 Å². The van der Waals surface area contributed by atoms with E-state index in [1.165, 1.54) is 0 Å². The molecule has 1 atom stereocenters. The third-order valence-corrected chi connectivity index (χ3v) is 3.93. The van der Waals surface area contributed by atoms with Gasteiger partial charge >= 0.3 is 0 Å². The second kappa shape index (κ2) is 12.2. The lowest BCUT2D eigenvalue weighted by atomic mass is 10.3. The Balaban J connectivity index is 0.00000312. The minimum Gasteiger partial charge on any atom is -0.383 e. The van der Waals surface area contributed by atoms with Crippen molar-refractivity contribution >= 4 is 35.9 Å². The first-order chi connectivity index (χ1) is 11.7. The summed E-state index contributed by atoms with van der Waals surface area (Å²) in [5, 5.41) is 3.11. The van der Waals surface area contributed by atoms with Crippen LogP contribution in [0.4, 0.5) is 5.95 Å². The fourth-order valence-electron chi connectivity index (χ4n) is 2.71. The zero-order valence-corrected chi connectivity index (χ0v) is 17.4. The summed E-state index contributed by atoms with van der Waals surface area (Å²) < 4.78 is 5.06. The van der Waals surface area contributed by atoms with Crippen LogP contribution in [0.1, 0.15) is 13.3 Å². The van der Waals surface area contributed by atoms with E-state index in [-0.39, 0.29) is 30.0 Å². The number of ether oxygens (including phenoxy) is 1. The van der Waals surface area contributed by atoms with E-state index in [1.54, 1.807) is 19.5 Å². The Kier molecular flexibility index (Phi) is 10.7. The maximum Gasteiger partial charge on any atom is 0.225 e. The SMILES string of the molecule is COCC(C)NC(N)=NCCCN1CCN(c2ncccn2)CC1.I. The Bertz CT molecular complexity index is 495. The van der Waals surface area contributed by atoms with Gasteiger partial charge in [-0.25, -0.2) is 9.97 Å². The summed E-state index contributed by atoms with van der Waals surface area (Å²) in [5.74, 6) is 1.32. The summed E-state index contributed by atoms with van der Waals surface area (Å²) in [4.78, 5) is 17.7. The number of methoxy groups -OCH3 is 1. The Morgan fingerprint density at radius 2 is 2.00 bits per heavy atom. The minimum atomic E-state index is 0. The van der Waals surface area contributed by atoms with Gasteiger partial charge in [-0.3, -0.25) is 9.89 Å². The van der Waals surface area contributed by atoms with Crippen molar-refractivity contribution in [2.24, 2.45) is 10.7 Å². The molecule has 1 unspecified atom stereocenters.